The van der Waals surface area contributed by atoms with Gasteiger partial charge in [-0.2, -0.15) is 0 Å². The first-order valence-corrected chi connectivity index (χ1v) is 9.20. The van der Waals surface area contributed by atoms with Crippen LogP contribution in [0.25, 0.3) is 10.2 Å². The molecular formula is C20H16ClN2O2S. The van der Waals surface area contributed by atoms with Crippen LogP contribution in [0.5, 0.6) is 0 Å². The number of pyridine rings is 1. The molecular weight excluding hydrogens is 368 g/mol. The molecule has 4 nitrogen and oxygen atoms in total. The molecule has 0 fully saturated rings. The highest BCUT2D eigenvalue weighted by atomic mass is 35.5. The van der Waals surface area contributed by atoms with Crippen molar-refractivity contribution in [3.05, 3.63) is 74.7 Å². The van der Waals surface area contributed by atoms with Crippen molar-refractivity contribution >= 4 is 39.1 Å². The summed E-state index contributed by atoms with van der Waals surface area (Å²) in [4.78, 5) is 26.9. The number of carbonyl (C=O) groups is 1. The number of nitrogens with zero attached hydrogens (tertiary/aromatic N) is 1. The summed E-state index contributed by atoms with van der Waals surface area (Å²) >= 11 is 7.28. The van der Waals surface area contributed by atoms with E-state index in [0.29, 0.717) is 23.5 Å². The predicted octanol–water partition coefficient (Wildman–Crippen LogP) is 3.85. The first-order chi connectivity index (χ1) is 12.5. The number of benzene rings is 1. The molecule has 0 atom stereocenters. The van der Waals surface area contributed by atoms with E-state index in [-0.39, 0.29) is 11.0 Å². The van der Waals surface area contributed by atoms with E-state index in [4.69, 9.17) is 11.6 Å². The molecule has 2 aromatic heterocycles. The summed E-state index contributed by atoms with van der Waals surface area (Å²) in [7, 11) is 0. The van der Waals surface area contributed by atoms with Crippen LogP contribution in [0.3, 0.4) is 0 Å². The zero-order valence-corrected chi connectivity index (χ0v) is 15.7. The molecule has 1 radical (unpaired) electrons. The SMILES string of the molecule is [CH2]C#Cc1cc2c(=O)c(C(=O)NCc3ccc(Cl)cc3)cn(CC)c2s1. The zero-order valence-electron chi connectivity index (χ0n) is 14.1. The van der Waals surface area contributed by atoms with Gasteiger partial charge in [0.05, 0.1) is 10.3 Å². The number of aromatic nitrogens is 1. The molecule has 0 aliphatic carbocycles. The first kappa shape index (κ1) is 18.2. The van der Waals surface area contributed by atoms with Crippen LogP contribution < -0.4 is 10.7 Å². The lowest BCUT2D eigenvalue weighted by Crippen LogP contribution is -2.29. The minimum absolute atomic E-state index is 0.125. The minimum atomic E-state index is -0.398. The third-order valence-corrected chi connectivity index (χ3v) is 5.25. The summed E-state index contributed by atoms with van der Waals surface area (Å²) in [5, 5.41) is 3.94. The fourth-order valence-corrected chi connectivity index (χ4v) is 3.80. The van der Waals surface area contributed by atoms with Crippen molar-refractivity contribution in [2.24, 2.45) is 0 Å². The van der Waals surface area contributed by atoms with Crippen molar-refractivity contribution in [2.75, 3.05) is 0 Å². The maximum Gasteiger partial charge on any atom is 0.257 e. The molecule has 3 aromatic rings. The Morgan fingerprint density at radius 1 is 1.35 bits per heavy atom. The van der Waals surface area contributed by atoms with E-state index in [2.05, 4.69) is 24.1 Å². The van der Waals surface area contributed by atoms with Gasteiger partial charge >= 0.3 is 0 Å². The lowest BCUT2D eigenvalue weighted by molar-refractivity contribution is 0.0949. The molecule has 0 spiro atoms. The number of thiophene rings is 1. The summed E-state index contributed by atoms with van der Waals surface area (Å²) in [6, 6.07) is 8.91. The van der Waals surface area contributed by atoms with Crippen LogP contribution >= 0.6 is 22.9 Å². The molecule has 1 N–H and O–H groups in total. The number of nitrogens with one attached hydrogen (secondary N) is 1. The number of rotatable bonds is 4. The van der Waals surface area contributed by atoms with E-state index in [1.165, 1.54) is 11.3 Å². The number of halogens is 1. The number of hydrogen-bond acceptors (Lipinski definition) is 3. The Kier molecular flexibility index (Phi) is 5.46. The van der Waals surface area contributed by atoms with Gasteiger partial charge in [0, 0.05) is 31.2 Å². The van der Waals surface area contributed by atoms with E-state index in [1.807, 2.05) is 23.6 Å². The van der Waals surface area contributed by atoms with Gasteiger partial charge in [-0.05, 0) is 30.7 Å². The molecule has 0 aliphatic heterocycles. The summed E-state index contributed by atoms with van der Waals surface area (Å²) in [6.45, 7) is 6.44. The molecule has 0 saturated carbocycles. The molecule has 6 heteroatoms. The van der Waals surface area contributed by atoms with Gasteiger partial charge in [0.1, 0.15) is 10.4 Å². The van der Waals surface area contributed by atoms with E-state index >= 15 is 0 Å². The van der Waals surface area contributed by atoms with E-state index < -0.39 is 5.91 Å². The normalized spacial score (nSPS) is 10.4. The van der Waals surface area contributed by atoms with Gasteiger partial charge in [0.15, 0.2) is 0 Å². The highest BCUT2D eigenvalue weighted by Gasteiger charge is 2.17. The summed E-state index contributed by atoms with van der Waals surface area (Å²) < 4.78 is 1.90. The topological polar surface area (TPSA) is 51.1 Å². The molecule has 0 aliphatic rings. The van der Waals surface area contributed by atoms with Gasteiger partial charge in [0.2, 0.25) is 5.43 Å². The van der Waals surface area contributed by atoms with Crippen LogP contribution in [0.2, 0.25) is 5.02 Å². The Labute approximate surface area is 160 Å². The van der Waals surface area contributed by atoms with Gasteiger partial charge in [-0.15, -0.1) is 11.3 Å². The van der Waals surface area contributed by atoms with Crippen LogP contribution in [-0.2, 0) is 13.1 Å². The lowest BCUT2D eigenvalue weighted by atomic mass is 10.2. The Morgan fingerprint density at radius 2 is 2.08 bits per heavy atom. The maximum absolute atomic E-state index is 12.8. The van der Waals surface area contributed by atoms with Gasteiger partial charge in [-0.25, -0.2) is 0 Å². The van der Waals surface area contributed by atoms with Crippen molar-refractivity contribution in [2.45, 2.75) is 20.0 Å². The Bertz CT molecular complexity index is 1090. The lowest BCUT2D eigenvalue weighted by Gasteiger charge is -2.09. The largest absolute Gasteiger partial charge is 0.348 e. The minimum Gasteiger partial charge on any atom is -0.348 e. The molecule has 26 heavy (non-hydrogen) atoms. The third-order valence-electron chi connectivity index (χ3n) is 3.91. The number of amides is 1. The standard InChI is InChI=1S/C20H16ClN2O2S/c1-3-5-15-10-16-18(24)17(12-23(4-2)20(16)26-15)19(25)22-11-13-6-8-14(21)9-7-13/h6-10,12H,1,4,11H2,2H3,(H,22,25). The number of hydrogen-bond donors (Lipinski definition) is 1. The van der Waals surface area contributed by atoms with Gasteiger partial charge in [-0.3, -0.25) is 9.59 Å². The third kappa shape index (κ3) is 3.67. The molecule has 0 saturated heterocycles. The Morgan fingerprint density at radius 3 is 2.73 bits per heavy atom. The Hall–Kier alpha value is -2.55. The number of fused-ring (bicyclic) bond motifs is 1. The van der Waals surface area contributed by atoms with E-state index in [1.54, 1.807) is 24.4 Å². The summed E-state index contributed by atoms with van der Waals surface area (Å²) in [6.07, 6.45) is 1.61. The average molecular weight is 384 g/mol. The van der Waals surface area contributed by atoms with E-state index in [0.717, 1.165) is 15.3 Å². The quantitative estimate of drug-likeness (QED) is 0.696. The molecule has 2 heterocycles. The molecule has 131 valence electrons. The smallest absolute Gasteiger partial charge is 0.257 e. The van der Waals surface area contributed by atoms with Crippen molar-refractivity contribution in [3.8, 4) is 11.8 Å². The predicted molar refractivity (Wildman–Crippen MR) is 107 cm³/mol. The molecule has 1 amide bonds. The van der Waals surface area contributed by atoms with Crippen molar-refractivity contribution in [3.63, 3.8) is 0 Å². The van der Waals surface area contributed by atoms with Crippen LogP contribution in [0.15, 0.2) is 41.3 Å². The molecule has 1 aromatic carbocycles. The second-order valence-electron chi connectivity index (χ2n) is 5.60. The first-order valence-electron chi connectivity index (χ1n) is 8.01. The highest BCUT2D eigenvalue weighted by molar-refractivity contribution is 7.19. The van der Waals surface area contributed by atoms with Crippen LogP contribution in [0.1, 0.15) is 27.7 Å². The fraction of sp³-hybridized carbons (Fsp3) is 0.150. The zero-order chi connectivity index (χ0) is 18.7. The van der Waals surface area contributed by atoms with Gasteiger partial charge in [0.25, 0.3) is 5.91 Å². The van der Waals surface area contributed by atoms with Crippen LogP contribution in [-0.4, -0.2) is 10.5 Å². The fourth-order valence-electron chi connectivity index (χ4n) is 2.60. The molecule has 0 bridgehead atoms. The average Bonchev–Trinajstić information content (AvgIpc) is 3.06. The Balaban J connectivity index is 1.94. The second kappa shape index (κ2) is 7.77. The maximum atomic E-state index is 12.8. The molecule has 0 unspecified atom stereocenters. The van der Waals surface area contributed by atoms with Crippen molar-refractivity contribution in [1.29, 1.82) is 0 Å². The van der Waals surface area contributed by atoms with Crippen LogP contribution in [0, 0.1) is 18.8 Å². The van der Waals surface area contributed by atoms with E-state index in [9.17, 15) is 9.59 Å². The number of carbonyl (C=O) groups excluding carboxylic acids is 1. The summed E-state index contributed by atoms with van der Waals surface area (Å²) in [5.74, 6) is 5.06. The molecule has 3 rings (SSSR count). The monoisotopic (exact) mass is 383 g/mol. The van der Waals surface area contributed by atoms with Crippen molar-refractivity contribution < 1.29 is 4.79 Å². The van der Waals surface area contributed by atoms with Crippen molar-refractivity contribution in [1.82, 2.24) is 9.88 Å². The highest BCUT2D eigenvalue weighted by Crippen LogP contribution is 2.23. The number of aryl methyl sites for hydroxylation is 1. The van der Waals surface area contributed by atoms with Crippen LogP contribution in [0.4, 0.5) is 0 Å². The second-order valence-corrected chi connectivity index (χ2v) is 7.07. The van der Waals surface area contributed by atoms with Gasteiger partial charge < -0.3 is 9.88 Å². The summed E-state index contributed by atoms with van der Waals surface area (Å²) in [5.41, 5.74) is 0.745. The van der Waals surface area contributed by atoms with Gasteiger partial charge in [-0.1, -0.05) is 35.6 Å².